The Hall–Kier alpha value is 0.427. The van der Waals surface area contributed by atoms with Gasteiger partial charge in [-0.05, 0) is 32.2 Å². The molecular formula is C12H29ClN2Si. The van der Waals surface area contributed by atoms with Gasteiger partial charge in [-0.25, -0.2) is 0 Å². The zero-order chi connectivity index (χ0) is 12.6. The van der Waals surface area contributed by atoms with Crippen LogP contribution in [-0.4, -0.2) is 43.0 Å². The first-order chi connectivity index (χ1) is 7.60. The van der Waals surface area contributed by atoms with E-state index in [1.165, 1.54) is 18.9 Å². The largest absolute Gasteiger partial charge is 0.307 e. The Bertz CT molecular complexity index is 158. The SMILES string of the molecule is CCCC[Si](Cl)(N(CC)CC)N(CC)CC. The molecule has 0 fully saturated rings. The molecule has 0 radical (unpaired) electrons. The van der Waals surface area contributed by atoms with E-state index in [4.69, 9.17) is 11.1 Å². The van der Waals surface area contributed by atoms with Crippen molar-refractivity contribution in [3.05, 3.63) is 0 Å². The first kappa shape index (κ1) is 16.4. The van der Waals surface area contributed by atoms with Crippen LogP contribution in [-0.2, 0) is 0 Å². The lowest BCUT2D eigenvalue weighted by molar-refractivity contribution is 0.365. The highest BCUT2D eigenvalue weighted by molar-refractivity contribution is 7.17. The van der Waals surface area contributed by atoms with Crippen molar-refractivity contribution in [2.24, 2.45) is 0 Å². The van der Waals surface area contributed by atoms with Gasteiger partial charge < -0.3 is 9.13 Å². The average molecular weight is 265 g/mol. The Kier molecular flexibility index (Phi) is 8.73. The first-order valence-corrected chi connectivity index (χ1v) is 9.90. The van der Waals surface area contributed by atoms with Crippen molar-refractivity contribution < 1.29 is 0 Å². The standard InChI is InChI=1S/C12H29ClN2Si/c1-6-11-12-16(13,14(7-2)8-3)15(9-4)10-5/h6-12H2,1-5H3. The van der Waals surface area contributed by atoms with Gasteiger partial charge in [0, 0.05) is 0 Å². The molecule has 0 bridgehead atoms. The van der Waals surface area contributed by atoms with E-state index in [0.29, 0.717) is 0 Å². The summed E-state index contributed by atoms with van der Waals surface area (Å²) in [5, 5.41) is 0. The second-order valence-electron chi connectivity index (χ2n) is 4.17. The lowest BCUT2D eigenvalue weighted by atomic mass is 10.4. The molecule has 0 aromatic heterocycles. The van der Waals surface area contributed by atoms with Crippen LogP contribution in [0.15, 0.2) is 0 Å². The lowest BCUT2D eigenvalue weighted by Crippen LogP contribution is -2.61. The van der Waals surface area contributed by atoms with Crippen molar-refractivity contribution in [1.82, 2.24) is 9.13 Å². The molecule has 4 heteroatoms. The summed E-state index contributed by atoms with van der Waals surface area (Å²) in [5.41, 5.74) is 0. The highest BCUT2D eigenvalue weighted by Crippen LogP contribution is 2.27. The molecular weight excluding hydrogens is 236 g/mol. The Morgan fingerprint density at radius 3 is 1.44 bits per heavy atom. The van der Waals surface area contributed by atoms with E-state index in [9.17, 15) is 0 Å². The molecule has 0 aliphatic heterocycles. The average Bonchev–Trinajstić information content (AvgIpc) is 2.29. The van der Waals surface area contributed by atoms with Crippen LogP contribution in [0.5, 0.6) is 0 Å². The number of hydrogen-bond donors (Lipinski definition) is 0. The minimum Gasteiger partial charge on any atom is -0.300 e. The molecule has 16 heavy (non-hydrogen) atoms. The summed E-state index contributed by atoms with van der Waals surface area (Å²) in [6.07, 6.45) is 2.49. The summed E-state index contributed by atoms with van der Waals surface area (Å²) >= 11 is 7.04. The molecule has 0 N–H and O–H groups in total. The number of nitrogens with zero attached hydrogens (tertiary/aromatic N) is 2. The molecule has 98 valence electrons. The van der Waals surface area contributed by atoms with Crippen molar-refractivity contribution in [2.45, 2.75) is 53.5 Å². The molecule has 0 aliphatic carbocycles. The Morgan fingerprint density at radius 2 is 1.19 bits per heavy atom. The highest BCUT2D eigenvalue weighted by atomic mass is 35.6. The monoisotopic (exact) mass is 264 g/mol. The third-order valence-corrected chi connectivity index (χ3v) is 9.54. The topological polar surface area (TPSA) is 6.48 Å². The van der Waals surface area contributed by atoms with Crippen LogP contribution >= 0.6 is 11.1 Å². The van der Waals surface area contributed by atoms with Crippen LogP contribution in [0.3, 0.4) is 0 Å². The fourth-order valence-corrected chi connectivity index (χ4v) is 7.94. The van der Waals surface area contributed by atoms with E-state index in [2.05, 4.69) is 43.7 Å². The van der Waals surface area contributed by atoms with Gasteiger partial charge in [0.25, 0.3) is 0 Å². The van der Waals surface area contributed by atoms with E-state index in [1.807, 2.05) is 0 Å². The first-order valence-electron chi connectivity index (χ1n) is 6.79. The third kappa shape index (κ3) is 4.02. The summed E-state index contributed by atoms with van der Waals surface area (Å²) in [7, 11) is -1.89. The zero-order valence-electron chi connectivity index (χ0n) is 11.7. The molecule has 0 unspecified atom stereocenters. The summed E-state index contributed by atoms with van der Waals surface area (Å²) in [5.74, 6) is 0. The van der Waals surface area contributed by atoms with Crippen molar-refractivity contribution in [3.8, 4) is 0 Å². The van der Waals surface area contributed by atoms with E-state index in [0.717, 1.165) is 26.2 Å². The lowest BCUT2D eigenvalue weighted by Gasteiger charge is -2.43. The van der Waals surface area contributed by atoms with Gasteiger partial charge in [0.2, 0.25) is 0 Å². The Balaban J connectivity index is 4.82. The minimum atomic E-state index is -1.89. The normalized spacial score (nSPS) is 12.8. The van der Waals surface area contributed by atoms with E-state index < -0.39 is 7.71 Å². The van der Waals surface area contributed by atoms with Crippen LogP contribution < -0.4 is 0 Å². The van der Waals surface area contributed by atoms with Crippen molar-refractivity contribution in [3.63, 3.8) is 0 Å². The van der Waals surface area contributed by atoms with E-state index >= 15 is 0 Å². The van der Waals surface area contributed by atoms with Crippen LogP contribution in [0.4, 0.5) is 0 Å². The van der Waals surface area contributed by atoms with Gasteiger partial charge in [-0.15, -0.1) is 11.1 Å². The molecule has 0 aromatic rings. The van der Waals surface area contributed by atoms with E-state index in [1.54, 1.807) is 0 Å². The van der Waals surface area contributed by atoms with Gasteiger partial charge in [-0.3, -0.25) is 0 Å². The summed E-state index contributed by atoms with van der Waals surface area (Å²) in [6, 6.07) is 1.19. The zero-order valence-corrected chi connectivity index (χ0v) is 13.5. The maximum Gasteiger partial charge on any atom is 0.307 e. The van der Waals surface area contributed by atoms with Crippen molar-refractivity contribution in [1.29, 1.82) is 0 Å². The second-order valence-corrected chi connectivity index (χ2v) is 9.19. The van der Waals surface area contributed by atoms with Crippen molar-refractivity contribution in [2.75, 3.05) is 26.2 Å². The molecule has 0 heterocycles. The van der Waals surface area contributed by atoms with Crippen molar-refractivity contribution >= 4 is 18.8 Å². The highest BCUT2D eigenvalue weighted by Gasteiger charge is 2.41. The summed E-state index contributed by atoms with van der Waals surface area (Å²) < 4.78 is 5.02. The van der Waals surface area contributed by atoms with Gasteiger partial charge in [-0.1, -0.05) is 47.5 Å². The number of rotatable bonds is 9. The van der Waals surface area contributed by atoms with Gasteiger partial charge in [0.1, 0.15) is 0 Å². The molecule has 0 saturated carbocycles. The summed E-state index contributed by atoms with van der Waals surface area (Å²) in [6.45, 7) is 15.5. The Labute approximate surface area is 108 Å². The molecule has 0 spiro atoms. The number of unbranched alkanes of at least 4 members (excludes halogenated alkanes) is 1. The summed E-state index contributed by atoms with van der Waals surface area (Å²) in [4.78, 5) is 0. The quantitative estimate of drug-likeness (QED) is 0.463. The molecule has 0 rings (SSSR count). The predicted octanol–water partition coefficient (Wildman–Crippen LogP) is 3.65. The van der Waals surface area contributed by atoms with Crippen LogP contribution in [0.25, 0.3) is 0 Å². The molecule has 0 saturated heterocycles. The number of hydrogen-bond acceptors (Lipinski definition) is 2. The molecule has 0 amide bonds. The maximum absolute atomic E-state index is 7.04. The molecule has 0 atom stereocenters. The molecule has 0 aromatic carbocycles. The van der Waals surface area contributed by atoms with Gasteiger partial charge in [0.15, 0.2) is 0 Å². The van der Waals surface area contributed by atoms with E-state index in [-0.39, 0.29) is 0 Å². The van der Waals surface area contributed by atoms with Crippen LogP contribution in [0.2, 0.25) is 6.04 Å². The predicted molar refractivity (Wildman–Crippen MR) is 77.2 cm³/mol. The molecule has 0 aliphatic rings. The second kappa shape index (κ2) is 8.51. The van der Waals surface area contributed by atoms with Crippen LogP contribution in [0.1, 0.15) is 47.5 Å². The maximum atomic E-state index is 7.04. The van der Waals surface area contributed by atoms with Gasteiger partial charge >= 0.3 is 7.71 Å². The minimum absolute atomic E-state index is 1.08. The Morgan fingerprint density at radius 1 is 0.812 bits per heavy atom. The van der Waals surface area contributed by atoms with Gasteiger partial charge in [0.05, 0.1) is 0 Å². The third-order valence-electron chi connectivity index (χ3n) is 3.34. The fourth-order valence-electron chi connectivity index (χ4n) is 2.33. The van der Waals surface area contributed by atoms with Gasteiger partial charge in [-0.2, -0.15) is 0 Å². The molecule has 2 nitrogen and oxygen atoms in total. The van der Waals surface area contributed by atoms with Crippen LogP contribution in [0, 0.1) is 0 Å². The smallest absolute Gasteiger partial charge is 0.300 e. The number of halogens is 1. The fraction of sp³-hybridized carbons (Fsp3) is 1.00.